The molecule has 0 radical (unpaired) electrons. The molecule has 0 saturated carbocycles. The second-order valence-electron chi connectivity index (χ2n) is 4.78. The van der Waals surface area contributed by atoms with Gasteiger partial charge in [0.2, 0.25) is 0 Å². The molecule has 21 heavy (non-hydrogen) atoms. The van der Waals surface area contributed by atoms with Gasteiger partial charge < -0.3 is 0 Å². The number of rotatable bonds is 4. The molecule has 0 N–H and O–H groups in total. The first-order valence-electron chi connectivity index (χ1n) is 6.47. The summed E-state index contributed by atoms with van der Waals surface area (Å²) in [6, 6.07) is 14.4. The van der Waals surface area contributed by atoms with Crippen LogP contribution in [-0.4, -0.2) is 8.42 Å². The molecule has 0 atom stereocenters. The topological polar surface area (TPSA) is 43.4 Å². The van der Waals surface area contributed by atoms with Crippen LogP contribution in [0.25, 0.3) is 10.1 Å². The molecule has 1 heterocycles. The van der Waals surface area contributed by atoms with Crippen molar-refractivity contribution in [2.24, 2.45) is 0 Å². The highest BCUT2D eigenvalue weighted by molar-refractivity contribution is 7.86. The lowest BCUT2D eigenvalue weighted by Gasteiger charge is -2.07. The van der Waals surface area contributed by atoms with Crippen molar-refractivity contribution in [3.8, 4) is 0 Å². The van der Waals surface area contributed by atoms with E-state index in [1.807, 2.05) is 36.6 Å². The van der Waals surface area contributed by atoms with Gasteiger partial charge in [-0.1, -0.05) is 29.8 Å². The molecule has 3 rings (SSSR count). The molecule has 0 saturated heterocycles. The maximum atomic E-state index is 12.2. The minimum absolute atomic E-state index is 0.0459. The molecule has 0 spiro atoms. The zero-order valence-electron chi connectivity index (χ0n) is 11.4. The summed E-state index contributed by atoms with van der Waals surface area (Å²) in [5.41, 5.74) is 1.89. The standard InChI is InChI=1S/C16H14O3S2/c1-12-5-7-14(8-6-12)21(17,18)19-11-13-3-2-4-16-15(13)9-10-20-16/h2-10H,11H2,1H3. The van der Waals surface area contributed by atoms with E-state index in [4.69, 9.17) is 4.18 Å². The van der Waals surface area contributed by atoms with Crippen LogP contribution in [0.5, 0.6) is 0 Å². The second-order valence-corrected chi connectivity index (χ2v) is 7.34. The van der Waals surface area contributed by atoms with Crippen molar-refractivity contribution >= 4 is 31.5 Å². The fourth-order valence-electron chi connectivity index (χ4n) is 2.10. The van der Waals surface area contributed by atoms with E-state index >= 15 is 0 Å². The van der Waals surface area contributed by atoms with E-state index in [2.05, 4.69) is 0 Å². The Morgan fingerprint density at radius 2 is 1.81 bits per heavy atom. The van der Waals surface area contributed by atoms with Crippen molar-refractivity contribution in [2.45, 2.75) is 18.4 Å². The van der Waals surface area contributed by atoms with Gasteiger partial charge in [0.15, 0.2) is 0 Å². The highest BCUT2D eigenvalue weighted by Crippen LogP contribution is 2.25. The maximum Gasteiger partial charge on any atom is 0.297 e. The second kappa shape index (κ2) is 5.60. The van der Waals surface area contributed by atoms with Crippen molar-refractivity contribution in [2.75, 3.05) is 0 Å². The Hall–Kier alpha value is -1.69. The highest BCUT2D eigenvalue weighted by atomic mass is 32.2. The van der Waals surface area contributed by atoms with Crippen LogP contribution in [0.4, 0.5) is 0 Å². The third-order valence-corrected chi connectivity index (χ3v) is 5.43. The Morgan fingerprint density at radius 3 is 2.57 bits per heavy atom. The van der Waals surface area contributed by atoms with Gasteiger partial charge in [0.1, 0.15) is 0 Å². The summed E-state index contributed by atoms with van der Waals surface area (Å²) >= 11 is 1.63. The first kappa shape index (κ1) is 14.3. The summed E-state index contributed by atoms with van der Waals surface area (Å²) in [7, 11) is -3.72. The number of hydrogen-bond donors (Lipinski definition) is 0. The van der Waals surface area contributed by atoms with Crippen molar-refractivity contribution in [1.82, 2.24) is 0 Å². The van der Waals surface area contributed by atoms with Crippen LogP contribution in [0, 0.1) is 6.92 Å². The average Bonchev–Trinajstić information content (AvgIpc) is 2.94. The first-order valence-corrected chi connectivity index (χ1v) is 8.76. The number of fused-ring (bicyclic) bond motifs is 1. The SMILES string of the molecule is Cc1ccc(S(=O)(=O)OCc2cccc3sccc23)cc1. The van der Waals surface area contributed by atoms with Gasteiger partial charge in [-0.25, -0.2) is 0 Å². The Kier molecular flexibility index (Phi) is 3.80. The molecular formula is C16H14O3S2. The number of aryl methyl sites for hydroxylation is 1. The Morgan fingerprint density at radius 1 is 1.05 bits per heavy atom. The van der Waals surface area contributed by atoms with E-state index in [0.29, 0.717) is 0 Å². The molecule has 108 valence electrons. The molecule has 0 aliphatic heterocycles. The van der Waals surface area contributed by atoms with E-state index in [9.17, 15) is 8.42 Å². The van der Waals surface area contributed by atoms with Crippen LogP contribution < -0.4 is 0 Å². The Bertz CT molecular complexity index is 862. The van der Waals surface area contributed by atoms with Crippen LogP contribution in [0.1, 0.15) is 11.1 Å². The molecule has 0 amide bonds. The number of benzene rings is 2. The fourth-order valence-corrected chi connectivity index (χ4v) is 3.82. The van der Waals surface area contributed by atoms with Crippen LogP contribution >= 0.6 is 11.3 Å². The first-order chi connectivity index (χ1) is 10.1. The lowest BCUT2D eigenvalue weighted by Crippen LogP contribution is -2.06. The van der Waals surface area contributed by atoms with Crippen LogP contribution in [0.3, 0.4) is 0 Å². The van der Waals surface area contributed by atoms with Crippen LogP contribution in [0.2, 0.25) is 0 Å². The third-order valence-electron chi connectivity index (χ3n) is 3.27. The zero-order chi connectivity index (χ0) is 14.9. The normalized spacial score (nSPS) is 11.9. The number of thiophene rings is 1. The third kappa shape index (κ3) is 3.00. The van der Waals surface area contributed by atoms with E-state index < -0.39 is 10.1 Å². The highest BCUT2D eigenvalue weighted by Gasteiger charge is 2.15. The average molecular weight is 318 g/mol. The molecular weight excluding hydrogens is 304 g/mol. The van der Waals surface area contributed by atoms with Gasteiger partial charge >= 0.3 is 0 Å². The predicted octanol–water partition coefficient (Wildman–Crippen LogP) is 4.12. The lowest BCUT2D eigenvalue weighted by atomic mass is 10.1. The van der Waals surface area contributed by atoms with Crippen molar-refractivity contribution in [3.05, 3.63) is 65.0 Å². The predicted molar refractivity (Wildman–Crippen MR) is 85.0 cm³/mol. The molecule has 5 heteroatoms. The van der Waals surface area contributed by atoms with Gasteiger partial charge in [0.25, 0.3) is 10.1 Å². The number of hydrogen-bond acceptors (Lipinski definition) is 4. The summed E-state index contributed by atoms with van der Waals surface area (Å²) < 4.78 is 30.7. The van der Waals surface area contributed by atoms with Crippen molar-refractivity contribution < 1.29 is 12.6 Å². The van der Waals surface area contributed by atoms with E-state index in [0.717, 1.165) is 21.2 Å². The molecule has 0 fully saturated rings. The van der Waals surface area contributed by atoms with Crippen molar-refractivity contribution in [3.63, 3.8) is 0 Å². The Balaban J connectivity index is 1.83. The molecule has 0 unspecified atom stereocenters. The minimum atomic E-state index is -3.72. The largest absolute Gasteiger partial charge is 0.297 e. The lowest BCUT2D eigenvalue weighted by molar-refractivity contribution is 0.309. The maximum absolute atomic E-state index is 12.2. The summed E-state index contributed by atoms with van der Waals surface area (Å²) in [5.74, 6) is 0. The van der Waals surface area contributed by atoms with Gasteiger partial charge in [0.05, 0.1) is 11.5 Å². The van der Waals surface area contributed by atoms with Crippen LogP contribution in [0.15, 0.2) is 58.8 Å². The van der Waals surface area contributed by atoms with Gasteiger partial charge in [-0.15, -0.1) is 11.3 Å². The van der Waals surface area contributed by atoms with E-state index in [1.165, 1.54) is 0 Å². The summed E-state index contributed by atoms with van der Waals surface area (Å²) in [5, 5.41) is 3.03. The quantitative estimate of drug-likeness (QED) is 0.680. The zero-order valence-corrected chi connectivity index (χ0v) is 13.1. The monoisotopic (exact) mass is 318 g/mol. The molecule has 3 aromatic rings. The molecule has 2 aromatic carbocycles. The van der Waals surface area contributed by atoms with Crippen molar-refractivity contribution in [1.29, 1.82) is 0 Å². The molecule has 3 nitrogen and oxygen atoms in total. The summed E-state index contributed by atoms with van der Waals surface area (Å²) in [6.07, 6.45) is 0. The summed E-state index contributed by atoms with van der Waals surface area (Å²) in [6.45, 7) is 1.96. The minimum Gasteiger partial charge on any atom is -0.262 e. The smallest absolute Gasteiger partial charge is 0.262 e. The molecule has 0 aliphatic rings. The summed E-state index contributed by atoms with van der Waals surface area (Å²) in [4.78, 5) is 0.186. The fraction of sp³-hybridized carbons (Fsp3) is 0.125. The van der Waals surface area contributed by atoms with Gasteiger partial charge in [-0.3, -0.25) is 4.18 Å². The van der Waals surface area contributed by atoms with Gasteiger partial charge in [0, 0.05) is 4.70 Å². The molecule has 0 aliphatic carbocycles. The van der Waals surface area contributed by atoms with Gasteiger partial charge in [-0.2, -0.15) is 8.42 Å². The molecule has 1 aromatic heterocycles. The van der Waals surface area contributed by atoms with E-state index in [-0.39, 0.29) is 11.5 Å². The Labute approximate surface area is 127 Å². The van der Waals surface area contributed by atoms with E-state index in [1.54, 1.807) is 35.6 Å². The van der Waals surface area contributed by atoms with Gasteiger partial charge in [-0.05, 0) is 47.5 Å². The molecule has 0 bridgehead atoms. The van der Waals surface area contributed by atoms with Crippen LogP contribution in [-0.2, 0) is 20.9 Å².